The molecule has 1 aliphatic carbocycles. The molecular formula is C13H24N2O3S. The average Bonchev–Trinajstić information content (AvgIpc) is 2.31. The van der Waals surface area contributed by atoms with Gasteiger partial charge in [0.25, 0.3) is 0 Å². The molecule has 0 aliphatic heterocycles. The van der Waals surface area contributed by atoms with Gasteiger partial charge in [-0.2, -0.15) is 11.8 Å². The lowest BCUT2D eigenvalue weighted by Gasteiger charge is -2.43. The van der Waals surface area contributed by atoms with E-state index in [4.69, 9.17) is 5.11 Å². The molecule has 1 fully saturated rings. The van der Waals surface area contributed by atoms with Crippen molar-refractivity contribution < 1.29 is 14.7 Å². The van der Waals surface area contributed by atoms with Crippen LogP contribution in [0.25, 0.3) is 0 Å². The molecule has 0 aromatic heterocycles. The summed E-state index contributed by atoms with van der Waals surface area (Å²) >= 11 is 1.76. The van der Waals surface area contributed by atoms with Crippen LogP contribution in [0.4, 0.5) is 4.79 Å². The number of aliphatic carboxylic acids is 1. The number of carbonyl (C=O) groups is 2. The number of urea groups is 1. The molecule has 5 nitrogen and oxygen atoms in total. The first-order chi connectivity index (χ1) is 8.90. The highest BCUT2D eigenvalue weighted by Gasteiger charge is 2.41. The number of rotatable bonds is 7. The van der Waals surface area contributed by atoms with Crippen molar-refractivity contribution in [1.82, 2.24) is 10.2 Å². The Kier molecular flexibility index (Phi) is 5.97. The van der Waals surface area contributed by atoms with Gasteiger partial charge in [-0.15, -0.1) is 0 Å². The molecule has 2 N–H and O–H groups in total. The van der Waals surface area contributed by atoms with Gasteiger partial charge in [-0.1, -0.05) is 0 Å². The predicted molar refractivity (Wildman–Crippen MR) is 77.6 cm³/mol. The Morgan fingerprint density at radius 3 is 2.53 bits per heavy atom. The van der Waals surface area contributed by atoms with Crippen molar-refractivity contribution in [1.29, 1.82) is 0 Å². The van der Waals surface area contributed by atoms with E-state index in [1.54, 1.807) is 23.7 Å². The second kappa shape index (κ2) is 7.03. The lowest BCUT2D eigenvalue weighted by atomic mass is 9.74. The maximum atomic E-state index is 12.2. The van der Waals surface area contributed by atoms with Crippen LogP contribution in [0, 0.1) is 0 Å². The Hall–Kier alpha value is -0.910. The van der Waals surface area contributed by atoms with Crippen LogP contribution in [0.1, 0.15) is 39.0 Å². The number of nitrogens with one attached hydrogen (secondary N) is 1. The van der Waals surface area contributed by atoms with Crippen molar-refractivity contribution in [2.24, 2.45) is 0 Å². The number of nitrogens with zero attached hydrogens (tertiary/aromatic N) is 1. The molecule has 110 valence electrons. The van der Waals surface area contributed by atoms with Crippen molar-refractivity contribution in [3.05, 3.63) is 0 Å². The zero-order chi connectivity index (χ0) is 14.5. The van der Waals surface area contributed by atoms with Crippen molar-refractivity contribution in [3.8, 4) is 0 Å². The molecule has 6 heteroatoms. The van der Waals surface area contributed by atoms with E-state index in [9.17, 15) is 9.59 Å². The Bertz CT molecular complexity index is 332. The molecule has 0 radical (unpaired) electrons. The number of carbonyl (C=O) groups excluding carboxylic acids is 1. The normalized spacial score (nSPS) is 18.3. The van der Waals surface area contributed by atoms with Crippen LogP contribution >= 0.6 is 11.8 Å². The second-order valence-corrected chi connectivity index (χ2v) is 6.36. The van der Waals surface area contributed by atoms with Gasteiger partial charge in [0.2, 0.25) is 0 Å². The van der Waals surface area contributed by atoms with Gasteiger partial charge in [-0.25, -0.2) is 4.79 Å². The predicted octanol–water partition coefficient (Wildman–Crippen LogP) is 2.17. The maximum Gasteiger partial charge on any atom is 0.317 e. The van der Waals surface area contributed by atoms with Crippen LogP contribution in [-0.2, 0) is 4.79 Å². The van der Waals surface area contributed by atoms with Crippen LogP contribution in [0.3, 0.4) is 0 Å². The molecule has 0 aromatic carbocycles. The zero-order valence-electron chi connectivity index (χ0n) is 11.9. The molecular weight excluding hydrogens is 264 g/mol. The fourth-order valence-corrected chi connectivity index (χ4v) is 2.81. The number of thioether (sulfide) groups is 1. The minimum absolute atomic E-state index is 0.0196. The molecule has 0 aromatic rings. The maximum absolute atomic E-state index is 12.2. The largest absolute Gasteiger partial charge is 0.481 e. The lowest BCUT2D eigenvalue weighted by molar-refractivity contribution is -0.139. The Morgan fingerprint density at radius 2 is 2.11 bits per heavy atom. The van der Waals surface area contributed by atoms with Gasteiger partial charge < -0.3 is 15.3 Å². The number of hydrogen-bond donors (Lipinski definition) is 2. The van der Waals surface area contributed by atoms with Crippen molar-refractivity contribution in [2.75, 3.05) is 19.1 Å². The summed E-state index contributed by atoms with van der Waals surface area (Å²) in [5.41, 5.74) is -0.517. The van der Waals surface area contributed by atoms with E-state index in [1.165, 1.54) is 0 Å². The third kappa shape index (κ3) is 4.60. The molecule has 1 saturated carbocycles. The van der Waals surface area contributed by atoms with E-state index < -0.39 is 11.5 Å². The third-order valence-electron chi connectivity index (χ3n) is 3.89. The van der Waals surface area contributed by atoms with E-state index in [2.05, 4.69) is 5.32 Å². The minimum Gasteiger partial charge on any atom is -0.481 e. The minimum atomic E-state index is -0.849. The van der Waals surface area contributed by atoms with Crippen LogP contribution < -0.4 is 5.32 Å². The Labute approximate surface area is 119 Å². The molecule has 1 atom stereocenters. The summed E-state index contributed by atoms with van der Waals surface area (Å²) in [5, 5.41) is 11.8. The summed E-state index contributed by atoms with van der Waals surface area (Å²) in [6.07, 6.45) is 5.52. The average molecular weight is 288 g/mol. The highest BCUT2D eigenvalue weighted by molar-refractivity contribution is 7.98. The van der Waals surface area contributed by atoms with Crippen molar-refractivity contribution >= 4 is 23.8 Å². The van der Waals surface area contributed by atoms with Crippen LogP contribution in [0.2, 0.25) is 0 Å². The highest BCUT2D eigenvalue weighted by atomic mass is 32.2. The number of carboxylic acid groups (broad SMARTS) is 1. The van der Waals surface area contributed by atoms with Gasteiger partial charge in [0, 0.05) is 13.1 Å². The van der Waals surface area contributed by atoms with E-state index in [0.717, 1.165) is 31.4 Å². The summed E-state index contributed by atoms with van der Waals surface area (Å²) in [6, 6.07) is 0.00366. The molecule has 2 amide bonds. The fraction of sp³-hybridized carbons (Fsp3) is 0.846. The molecule has 1 unspecified atom stereocenters. The zero-order valence-corrected chi connectivity index (χ0v) is 12.8. The van der Waals surface area contributed by atoms with Gasteiger partial charge in [-0.3, -0.25) is 4.79 Å². The van der Waals surface area contributed by atoms with Gasteiger partial charge in [-0.05, 0) is 44.6 Å². The van der Waals surface area contributed by atoms with E-state index in [0.29, 0.717) is 0 Å². The molecule has 1 aliphatic rings. The topological polar surface area (TPSA) is 69.6 Å². The van der Waals surface area contributed by atoms with Crippen LogP contribution in [0.5, 0.6) is 0 Å². The van der Waals surface area contributed by atoms with Gasteiger partial charge >= 0.3 is 12.0 Å². The standard InChI is InChI=1S/C13H24N2O3S/c1-10(5-8-19-3)15(2)12(18)14-13(6-4-7-13)9-11(16)17/h10H,4-9H2,1-3H3,(H,14,18)(H,16,17). The van der Waals surface area contributed by atoms with Crippen molar-refractivity contribution in [2.45, 2.75) is 50.6 Å². The van der Waals surface area contributed by atoms with Crippen molar-refractivity contribution in [3.63, 3.8) is 0 Å². The number of carboxylic acids is 1. The molecule has 0 saturated heterocycles. The Balaban J connectivity index is 2.50. The van der Waals surface area contributed by atoms with Gasteiger partial charge in [0.15, 0.2) is 0 Å². The van der Waals surface area contributed by atoms with E-state index >= 15 is 0 Å². The third-order valence-corrected chi connectivity index (χ3v) is 4.54. The van der Waals surface area contributed by atoms with Gasteiger partial charge in [0.1, 0.15) is 0 Å². The van der Waals surface area contributed by atoms with Crippen LogP contribution in [-0.4, -0.2) is 52.6 Å². The first-order valence-electron chi connectivity index (χ1n) is 6.66. The van der Waals surface area contributed by atoms with E-state index in [-0.39, 0.29) is 18.5 Å². The molecule has 1 rings (SSSR count). The summed E-state index contributed by atoms with van der Waals surface area (Å²) < 4.78 is 0. The SMILES string of the molecule is CSCCC(C)N(C)C(=O)NC1(CC(=O)O)CCC1. The first-order valence-corrected chi connectivity index (χ1v) is 8.05. The number of hydrogen-bond acceptors (Lipinski definition) is 3. The Morgan fingerprint density at radius 1 is 1.47 bits per heavy atom. The van der Waals surface area contributed by atoms with E-state index in [1.807, 2.05) is 13.2 Å². The quantitative estimate of drug-likeness (QED) is 0.753. The number of amides is 2. The fourth-order valence-electron chi connectivity index (χ4n) is 2.24. The second-order valence-electron chi connectivity index (χ2n) is 5.38. The molecule has 0 spiro atoms. The monoisotopic (exact) mass is 288 g/mol. The van der Waals surface area contributed by atoms with Gasteiger partial charge in [0.05, 0.1) is 12.0 Å². The van der Waals surface area contributed by atoms with Crippen LogP contribution in [0.15, 0.2) is 0 Å². The summed E-state index contributed by atoms with van der Waals surface area (Å²) in [6.45, 7) is 2.01. The lowest BCUT2D eigenvalue weighted by Crippen LogP contribution is -2.58. The summed E-state index contributed by atoms with van der Waals surface area (Å²) in [4.78, 5) is 24.7. The molecule has 19 heavy (non-hydrogen) atoms. The first kappa shape index (κ1) is 16.1. The summed E-state index contributed by atoms with van der Waals surface area (Å²) in [7, 11) is 1.77. The summed E-state index contributed by atoms with van der Waals surface area (Å²) in [5.74, 6) is 0.164. The molecule has 0 heterocycles. The smallest absolute Gasteiger partial charge is 0.317 e. The highest BCUT2D eigenvalue weighted by Crippen LogP contribution is 2.35. The molecule has 0 bridgehead atoms.